The van der Waals surface area contributed by atoms with Crippen LogP contribution in [0.5, 0.6) is 5.75 Å². The van der Waals surface area contributed by atoms with Crippen LogP contribution in [0.4, 0.5) is 0 Å². The van der Waals surface area contributed by atoms with E-state index < -0.39 is 0 Å². The molecule has 3 rings (SSSR count). The number of benzene rings is 1. The summed E-state index contributed by atoms with van der Waals surface area (Å²) in [6.45, 7) is 6.10. The van der Waals surface area contributed by atoms with Gasteiger partial charge in [0.05, 0.1) is 13.3 Å². The Morgan fingerprint density at radius 3 is 2.85 bits per heavy atom. The van der Waals surface area contributed by atoms with Crippen LogP contribution in [0.3, 0.4) is 0 Å². The van der Waals surface area contributed by atoms with Gasteiger partial charge in [-0.3, -0.25) is 4.68 Å². The summed E-state index contributed by atoms with van der Waals surface area (Å²) in [7, 11) is 1.70. The zero-order valence-electron chi connectivity index (χ0n) is 16.1. The van der Waals surface area contributed by atoms with Gasteiger partial charge < -0.3 is 14.8 Å². The van der Waals surface area contributed by atoms with Crippen molar-refractivity contribution in [3.63, 3.8) is 0 Å². The fourth-order valence-corrected chi connectivity index (χ4v) is 3.60. The number of aromatic nitrogens is 2. The molecule has 5 nitrogen and oxygen atoms in total. The molecule has 0 saturated carbocycles. The molecule has 142 valence electrons. The second-order valence-corrected chi connectivity index (χ2v) is 7.12. The van der Waals surface area contributed by atoms with Crippen LogP contribution in [0.25, 0.3) is 0 Å². The standard InChI is InChI=1S/C21H31N3O2/c1-4-24-15-18(14-22-24)21-20(6-5-13-26-21)23-16(2)7-8-17-9-11-19(25-3)12-10-17/h9-12,14-16,20-21,23H,4-8,13H2,1-3H3/t16-,20+,21-/m1/s1. The number of methoxy groups -OCH3 is 1. The quantitative estimate of drug-likeness (QED) is 0.782. The average molecular weight is 357 g/mol. The maximum atomic E-state index is 6.09. The lowest BCUT2D eigenvalue weighted by Crippen LogP contribution is -2.44. The predicted molar refractivity (Wildman–Crippen MR) is 104 cm³/mol. The normalized spacial score (nSPS) is 21.5. The minimum atomic E-state index is 0.104. The van der Waals surface area contributed by atoms with Crippen LogP contribution >= 0.6 is 0 Å². The van der Waals surface area contributed by atoms with Gasteiger partial charge in [0.2, 0.25) is 0 Å². The Kier molecular flexibility index (Phi) is 6.69. The van der Waals surface area contributed by atoms with Crippen molar-refractivity contribution >= 4 is 0 Å². The summed E-state index contributed by atoms with van der Waals surface area (Å²) < 4.78 is 13.3. The third kappa shape index (κ3) is 4.86. The lowest BCUT2D eigenvalue weighted by molar-refractivity contribution is -0.0136. The maximum absolute atomic E-state index is 6.09. The van der Waals surface area contributed by atoms with Gasteiger partial charge in [-0.15, -0.1) is 0 Å². The smallest absolute Gasteiger partial charge is 0.118 e. The number of hydrogen-bond donors (Lipinski definition) is 1. The van der Waals surface area contributed by atoms with E-state index in [1.54, 1.807) is 7.11 Å². The van der Waals surface area contributed by atoms with Crippen molar-refractivity contribution in [2.24, 2.45) is 0 Å². The Bertz CT molecular complexity index is 668. The van der Waals surface area contributed by atoms with Crippen molar-refractivity contribution in [3.05, 3.63) is 47.8 Å². The van der Waals surface area contributed by atoms with E-state index in [2.05, 4.69) is 42.6 Å². The van der Waals surface area contributed by atoms with Gasteiger partial charge in [0.25, 0.3) is 0 Å². The van der Waals surface area contributed by atoms with E-state index in [4.69, 9.17) is 9.47 Å². The van der Waals surface area contributed by atoms with Gasteiger partial charge in [-0.1, -0.05) is 12.1 Å². The van der Waals surface area contributed by atoms with E-state index in [1.807, 2.05) is 23.0 Å². The number of nitrogens with zero attached hydrogens (tertiary/aromatic N) is 2. The first-order valence-corrected chi connectivity index (χ1v) is 9.72. The third-order valence-corrected chi connectivity index (χ3v) is 5.15. The molecule has 1 saturated heterocycles. The summed E-state index contributed by atoms with van der Waals surface area (Å²) in [6.07, 6.45) is 8.60. The molecule has 2 heterocycles. The van der Waals surface area contributed by atoms with Gasteiger partial charge in [0.1, 0.15) is 11.9 Å². The first-order chi connectivity index (χ1) is 12.7. The molecule has 1 aliphatic heterocycles. The van der Waals surface area contributed by atoms with Crippen molar-refractivity contribution in [2.45, 2.75) is 64.3 Å². The Hall–Kier alpha value is -1.85. The molecule has 26 heavy (non-hydrogen) atoms. The molecule has 2 aromatic rings. The molecule has 1 aromatic heterocycles. The minimum absolute atomic E-state index is 0.104. The summed E-state index contributed by atoms with van der Waals surface area (Å²) in [4.78, 5) is 0. The SMILES string of the molecule is CCn1cc([C@H]2OCCC[C@@H]2N[C@H](C)CCc2ccc(OC)cc2)cn1. The summed E-state index contributed by atoms with van der Waals surface area (Å²) in [6, 6.07) is 9.15. The first-order valence-electron chi connectivity index (χ1n) is 9.72. The summed E-state index contributed by atoms with van der Waals surface area (Å²) in [5, 5.41) is 8.21. The molecule has 0 unspecified atom stereocenters. The number of rotatable bonds is 8. The second-order valence-electron chi connectivity index (χ2n) is 7.12. The van der Waals surface area contributed by atoms with E-state index >= 15 is 0 Å². The summed E-state index contributed by atoms with van der Waals surface area (Å²) in [5.74, 6) is 0.912. The van der Waals surface area contributed by atoms with Crippen molar-refractivity contribution in [3.8, 4) is 5.75 Å². The Labute approximate surface area is 156 Å². The van der Waals surface area contributed by atoms with Gasteiger partial charge in [0.15, 0.2) is 0 Å². The van der Waals surface area contributed by atoms with Gasteiger partial charge >= 0.3 is 0 Å². The topological polar surface area (TPSA) is 48.3 Å². The van der Waals surface area contributed by atoms with Gasteiger partial charge in [0, 0.05) is 37.0 Å². The molecule has 1 N–H and O–H groups in total. The molecule has 0 amide bonds. The van der Waals surface area contributed by atoms with Crippen molar-refractivity contribution < 1.29 is 9.47 Å². The van der Waals surface area contributed by atoms with Gasteiger partial charge in [-0.25, -0.2) is 0 Å². The highest BCUT2D eigenvalue weighted by Crippen LogP contribution is 2.28. The Morgan fingerprint density at radius 1 is 1.35 bits per heavy atom. The monoisotopic (exact) mass is 357 g/mol. The number of hydrogen-bond acceptors (Lipinski definition) is 4. The number of aryl methyl sites for hydroxylation is 2. The highest BCUT2D eigenvalue weighted by Gasteiger charge is 2.29. The summed E-state index contributed by atoms with van der Waals surface area (Å²) >= 11 is 0. The first kappa shape index (κ1) is 18.9. The fourth-order valence-electron chi connectivity index (χ4n) is 3.60. The Morgan fingerprint density at radius 2 is 2.15 bits per heavy atom. The predicted octanol–water partition coefficient (Wildman–Crippen LogP) is 3.74. The average Bonchev–Trinajstić information content (AvgIpc) is 3.16. The van der Waals surface area contributed by atoms with E-state index in [1.165, 1.54) is 11.1 Å². The van der Waals surface area contributed by atoms with E-state index in [0.29, 0.717) is 12.1 Å². The second kappa shape index (κ2) is 9.19. The fraction of sp³-hybridized carbons (Fsp3) is 0.571. The molecule has 5 heteroatoms. The maximum Gasteiger partial charge on any atom is 0.118 e. The van der Waals surface area contributed by atoms with Crippen molar-refractivity contribution in [2.75, 3.05) is 13.7 Å². The Balaban J connectivity index is 1.54. The van der Waals surface area contributed by atoms with Crippen LogP contribution in [-0.4, -0.2) is 35.6 Å². The zero-order valence-corrected chi connectivity index (χ0v) is 16.1. The number of ether oxygens (including phenoxy) is 2. The largest absolute Gasteiger partial charge is 0.497 e. The van der Waals surface area contributed by atoms with Crippen LogP contribution in [0.1, 0.15) is 50.3 Å². The molecule has 0 aliphatic carbocycles. The highest BCUT2D eigenvalue weighted by atomic mass is 16.5. The molecule has 1 aromatic carbocycles. The number of nitrogens with one attached hydrogen (secondary N) is 1. The van der Waals surface area contributed by atoms with Crippen LogP contribution in [0, 0.1) is 0 Å². The van der Waals surface area contributed by atoms with E-state index in [0.717, 1.165) is 44.6 Å². The van der Waals surface area contributed by atoms with Crippen LogP contribution < -0.4 is 10.1 Å². The van der Waals surface area contributed by atoms with Crippen molar-refractivity contribution in [1.82, 2.24) is 15.1 Å². The van der Waals surface area contributed by atoms with Crippen LogP contribution in [-0.2, 0) is 17.7 Å². The van der Waals surface area contributed by atoms with Crippen LogP contribution in [0.15, 0.2) is 36.7 Å². The van der Waals surface area contributed by atoms with E-state index in [-0.39, 0.29) is 6.10 Å². The van der Waals surface area contributed by atoms with Crippen LogP contribution in [0.2, 0.25) is 0 Å². The lowest BCUT2D eigenvalue weighted by Gasteiger charge is -2.34. The third-order valence-electron chi connectivity index (χ3n) is 5.15. The molecule has 0 radical (unpaired) electrons. The molecule has 0 bridgehead atoms. The van der Waals surface area contributed by atoms with E-state index in [9.17, 15) is 0 Å². The van der Waals surface area contributed by atoms with Gasteiger partial charge in [-0.05, 0) is 57.2 Å². The molecular formula is C21H31N3O2. The highest BCUT2D eigenvalue weighted by molar-refractivity contribution is 5.27. The molecule has 1 fully saturated rings. The molecular weight excluding hydrogens is 326 g/mol. The zero-order chi connectivity index (χ0) is 18.4. The van der Waals surface area contributed by atoms with Gasteiger partial charge in [-0.2, -0.15) is 5.10 Å². The lowest BCUT2D eigenvalue weighted by atomic mass is 9.96. The molecule has 3 atom stereocenters. The minimum Gasteiger partial charge on any atom is -0.497 e. The molecule has 1 aliphatic rings. The van der Waals surface area contributed by atoms with Crippen molar-refractivity contribution in [1.29, 1.82) is 0 Å². The summed E-state index contributed by atoms with van der Waals surface area (Å²) in [5.41, 5.74) is 2.53. The molecule has 0 spiro atoms.